The topological polar surface area (TPSA) is 74.4 Å². The minimum Gasteiger partial charge on any atom is -0.481 e. The average Bonchev–Trinajstić information content (AvgIpc) is 2.27. The summed E-state index contributed by atoms with van der Waals surface area (Å²) in [5.41, 5.74) is 4.02. The number of carbonyl (C=O) groups is 1. The Morgan fingerprint density at radius 3 is 2.67 bits per heavy atom. The Balaban J connectivity index is 2.86. The molecule has 0 bridgehead atoms. The fraction of sp³-hybridized carbons (Fsp3) is 0.400. The van der Waals surface area contributed by atoms with Crippen LogP contribution in [-0.4, -0.2) is 24.8 Å². The van der Waals surface area contributed by atoms with E-state index in [1.165, 1.54) is 6.20 Å². The fourth-order valence-electron chi connectivity index (χ4n) is 1.27. The molecular weight excluding hydrogens is 253 g/mol. The van der Waals surface area contributed by atoms with E-state index in [0.717, 1.165) is 13.2 Å². The van der Waals surface area contributed by atoms with Crippen LogP contribution in [0.4, 0.5) is 18.0 Å². The number of alkyl halides is 3. The summed E-state index contributed by atoms with van der Waals surface area (Å²) in [5.74, 6) is -0.498. The molecule has 0 saturated heterocycles. The van der Waals surface area contributed by atoms with Crippen LogP contribution >= 0.6 is 0 Å². The van der Waals surface area contributed by atoms with Crippen molar-refractivity contribution in [3.63, 3.8) is 0 Å². The van der Waals surface area contributed by atoms with E-state index in [4.69, 9.17) is 5.73 Å². The molecule has 1 aromatic heterocycles. The third kappa shape index (κ3) is 3.79. The first-order valence-electron chi connectivity index (χ1n) is 4.87. The van der Waals surface area contributed by atoms with Crippen LogP contribution in [0.1, 0.15) is 11.1 Å². The Hall–Kier alpha value is -1.99. The lowest BCUT2D eigenvalue weighted by Crippen LogP contribution is -2.15. The van der Waals surface area contributed by atoms with E-state index >= 15 is 0 Å². The highest BCUT2D eigenvalue weighted by Gasteiger charge is 2.35. The summed E-state index contributed by atoms with van der Waals surface area (Å²) in [6.45, 7) is -0.110. The largest absolute Gasteiger partial charge is 0.481 e. The lowest BCUT2D eigenvalue weighted by atomic mass is 10.1. The number of carbonyl (C=O) groups excluding carboxylic acids is 1. The molecule has 1 rings (SSSR count). The summed E-state index contributed by atoms with van der Waals surface area (Å²) >= 11 is 0. The molecular formula is C10H11F3N2O3. The van der Waals surface area contributed by atoms with Gasteiger partial charge in [0.2, 0.25) is 5.88 Å². The Labute approximate surface area is 101 Å². The predicted octanol–water partition coefficient (Wildman–Crippen LogP) is 1.75. The molecule has 0 spiro atoms. The number of rotatable bonds is 4. The Bertz CT molecular complexity index is 435. The number of pyridine rings is 1. The number of primary amides is 1. The van der Waals surface area contributed by atoms with Crippen molar-refractivity contribution in [2.24, 2.45) is 5.73 Å². The molecule has 0 aliphatic rings. The summed E-state index contributed by atoms with van der Waals surface area (Å²) in [7, 11) is 1.10. The molecule has 0 fully saturated rings. The van der Waals surface area contributed by atoms with Crippen molar-refractivity contribution < 1.29 is 27.4 Å². The summed E-state index contributed by atoms with van der Waals surface area (Å²) in [4.78, 5) is 13.8. The number of halogens is 3. The second kappa shape index (κ2) is 5.56. The van der Waals surface area contributed by atoms with E-state index < -0.39 is 23.7 Å². The molecule has 0 aliphatic carbocycles. The molecule has 0 aliphatic heterocycles. The summed E-state index contributed by atoms with van der Waals surface area (Å²) in [6, 6.07) is 0.899. The molecule has 0 radical (unpaired) electrons. The molecule has 1 aromatic rings. The van der Waals surface area contributed by atoms with Crippen molar-refractivity contribution in [1.82, 2.24) is 4.98 Å². The van der Waals surface area contributed by atoms with Crippen LogP contribution in [-0.2, 0) is 17.3 Å². The zero-order valence-corrected chi connectivity index (χ0v) is 9.45. The van der Waals surface area contributed by atoms with Gasteiger partial charge in [-0.25, -0.2) is 9.78 Å². The second-order valence-electron chi connectivity index (χ2n) is 3.32. The maximum Gasteiger partial charge on any atom is 0.421 e. The standard InChI is InChI=1S/C10H11F3N2O3/c1-17-8-7(10(11,12)13)4-6(5-15-8)2-3-18-9(14)16/h4-5H,2-3H2,1H3,(H2,14,16). The molecule has 100 valence electrons. The molecule has 1 amide bonds. The van der Waals surface area contributed by atoms with Crippen LogP contribution in [0, 0.1) is 0 Å². The number of amides is 1. The van der Waals surface area contributed by atoms with Gasteiger partial charge in [0.15, 0.2) is 0 Å². The second-order valence-corrected chi connectivity index (χ2v) is 3.32. The van der Waals surface area contributed by atoms with Crippen molar-refractivity contribution in [3.8, 4) is 5.88 Å². The minimum atomic E-state index is -4.56. The first-order chi connectivity index (χ1) is 8.34. The first kappa shape index (κ1) is 14.1. The summed E-state index contributed by atoms with van der Waals surface area (Å²) in [6.07, 6.45) is -4.23. The molecule has 1 heterocycles. The van der Waals surface area contributed by atoms with E-state index in [1.807, 2.05) is 0 Å². The number of aromatic nitrogens is 1. The van der Waals surface area contributed by atoms with Crippen LogP contribution in [0.15, 0.2) is 12.3 Å². The van der Waals surface area contributed by atoms with Gasteiger partial charge in [-0.1, -0.05) is 0 Å². The zero-order valence-electron chi connectivity index (χ0n) is 9.45. The highest BCUT2D eigenvalue weighted by molar-refractivity contribution is 5.64. The quantitative estimate of drug-likeness (QED) is 0.898. The van der Waals surface area contributed by atoms with Crippen LogP contribution in [0.2, 0.25) is 0 Å². The van der Waals surface area contributed by atoms with Gasteiger partial charge < -0.3 is 15.2 Å². The molecule has 18 heavy (non-hydrogen) atoms. The normalized spacial score (nSPS) is 11.1. The number of hydrogen-bond donors (Lipinski definition) is 1. The van der Waals surface area contributed by atoms with Crippen LogP contribution in [0.3, 0.4) is 0 Å². The lowest BCUT2D eigenvalue weighted by molar-refractivity contribution is -0.139. The van der Waals surface area contributed by atoms with E-state index in [-0.39, 0.29) is 18.6 Å². The SMILES string of the molecule is COc1ncc(CCOC(N)=O)cc1C(F)(F)F. The van der Waals surface area contributed by atoms with Crippen LogP contribution < -0.4 is 10.5 Å². The van der Waals surface area contributed by atoms with E-state index in [9.17, 15) is 18.0 Å². The van der Waals surface area contributed by atoms with E-state index in [2.05, 4.69) is 14.5 Å². The highest BCUT2D eigenvalue weighted by atomic mass is 19.4. The van der Waals surface area contributed by atoms with Gasteiger partial charge in [-0.15, -0.1) is 0 Å². The van der Waals surface area contributed by atoms with Gasteiger partial charge >= 0.3 is 12.3 Å². The number of ether oxygens (including phenoxy) is 2. The van der Waals surface area contributed by atoms with Gasteiger partial charge in [0.05, 0.1) is 13.7 Å². The lowest BCUT2D eigenvalue weighted by Gasteiger charge is -2.12. The molecule has 2 N–H and O–H groups in total. The smallest absolute Gasteiger partial charge is 0.421 e. The van der Waals surface area contributed by atoms with Crippen molar-refractivity contribution in [1.29, 1.82) is 0 Å². The predicted molar refractivity (Wildman–Crippen MR) is 55.0 cm³/mol. The minimum absolute atomic E-state index is 0.0863. The van der Waals surface area contributed by atoms with E-state index in [0.29, 0.717) is 0 Å². The molecule has 5 nitrogen and oxygen atoms in total. The molecule has 0 unspecified atom stereocenters. The van der Waals surface area contributed by atoms with Gasteiger partial charge in [-0.3, -0.25) is 0 Å². The van der Waals surface area contributed by atoms with Gasteiger partial charge in [0.1, 0.15) is 5.56 Å². The molecule has 0 atom stereocenters. The third-order valence-corrected chi connectivity index (χ3v) is 2.04. The number of methoxy groups -OCH3 is 1. The Morgan fingerprint density at radius 2 is 2.17 bits per heavy atom. The number of hydrogen-bond acceptors (Lipinski definition) is 4. The average molecular weight is 264 g/mol. The fourth-order valence-corrected chi connectivity index (χ4v) is 1.27. The highest BCUT2D eigenvalue weighted by Crippen LogP contribution is 2.35. The van der Waals surface area contributed by atoms with Crippen LogP contribution in [0.25, 0.3) is 0 Å². The van der Waals surface area contributed by atoms with Crippen molar-refractivity contribution in [2.45, 2.75) is 12.6 Å². The summed E-state index contributed by atoms with van der Waals surface area (Å²) in [5, 5.41) is 0. The first-order valence-corrected chi connectivity index (χ1v) is 4.87. The van der Waals surface area contributed by atoms with E-state index in [1.54, 1.807) is 0 Å². The Kier molecular flexibility index (Phi) is 4.35. The monoisotopic (exact) mass is 264 g/mol. The number of nitrogens with zero attached hydrogens (tertiary/aromatic N) is 1. The van der Waals surface area contributed by atoms with Crippen molar-refractivity contribution >= 4 is 6.09 Å². The zero-order chi connectivity index (χ0) is 13.8. The van der Waals surface area contributed by atoms with Gasteiger partial charge in [-0.2, -0.15) is 13.2 Å². The molecule has 0 aromatic carbocycles. The molecule has 8 heteroatoms. The maximum absolute atomic E-state index is 12.6. The summed E-state index contributed by atoms with van der Waals surface area (Å²) < 4.78 is 46.9. The van der Waals surface area contributed by atoms with Crippen molar-refractivity contribution in [3.05, 3.63) is 23.4 Å². The third-order valence-electron chi connectivity index (χ3n) is 2.04. The van der Waals surface area contributed by atoms with Crippen molar-refractivity contribution in [2.75, 3.05) is 13.7 Å². The maximum atomic E-state index is 12.6. The number of nitrogens with two attached hydrogens (primary N) is 1. The Morgan fingerprint density at radius 1 is 1.50 bits per heavy atom. The van der Waals surface area contributed by atoms with Gasteiger partial charge in [-0.05, 0) is 11.6 Å². The van der Waals surface area contributed by atoms with Gasteiger partial charge in [0.25, 0.3) is 0 Å². The van der Waals surface area contributed by atoms with Gasteiger partial charge in [0, 0.05) is 12.6 Å². The molecule has 0 saturated carbocycles. The van der Waals surface area contributed by atoms with Crippen LogP contribution in [0.5, 0.6) is 5.88 Å².